The molecule has 4 nitrogen and oxygen atoms in total. The predicted molar refractivity (Wildman–Crippen MR) is 61.0 cm³/mol. The van der Waals surface area contributed by atoms with Gasteiger partial charge in [-0.1, -0.05) is 0 Å². The standard InChI is InChI=1S/C12H18N2O2/c1-8(12(15)16-2)14-7-6-9-10(13)4-3-5-11(9)14/h6-8,10H,3-5,13H2,1-2H3. The number of carbonyl (C=O) groups excluding carboxylic acids is 1. The van der Waals surface area contributed by atoms with Gasteiger partial charge in [-0.3, -0.25) is 0 Å². The first-order valence-electron chi connectivity index (χ1n) is 5.68. The highest BCUT2D eigenvalue weighted by Crippen LogP contribution is 2.30. The van der Waals surface area contributed by atoms with Crippen molar-refractivity contribution in [2.24, 2.45) is 5.73 Å². The van der Waals surface area contributed by atoms with Crippen LogP contribution in [0.15, 0.2) is 12.3 Å². The molecule has 1 aliphatic carbocycles. The number of esters is 1. The monoisotopic (exact) mass is 222 g/mol. The number of nitrogens with two attached hydrogens (primary N) is 1. The number of nitrogens with zero attached hydrogens (tertiary/aromatic N) is 1. The molecule has 0 saturated carbocycles. The second kappa shape index (κ2) is 4.29. The van der Waals surface area contributed by atoms with Crippen LogP contribution in [0.4, 0.5) is 0 Å². The van der Waals surface area contributed by atoms with Gasteiger partial charge in [0.2, 0.25) is 0 Å². The number of hydrogen-bond acceptors (Lipinski definition) is 3. The molecular weight excluding hydrogens is 204 g/mol. The Kier molecular flexibility index (Phi) is 3.01. The van der Waals surface area contributed by atoms with Crippen LogP contribution in [-0.4, -0.2) is 17.6 Å². The van der Waals surface area contributed by atoms with Gasteiger partial charge in [-0.25, -0.2) is 4.79 Å². The minimum absolute atomic E-state index is 0.120. The molecule has 1 aromatic heterocycles. The van der Waals surface area contributed by atoms with Crippen molar-refractivity contribution in [3.05, 3.63) is 23.5 Å². The number of rotatable bonds is 2. The fourth-order valence-electron chi connectivity index (χ4n) is 2.40. The summed E-state index contributed by atoms with van der Waals surface area (Å²) < 4.78 is 6.75. The van der Waals surface area contributed by atoms with Gasteiger partial charge in [-0.15, -0.1) is 0 Å². The third kappa shape index (κ3) is 1.73. The Labute approximate surface area is 95.4 Å². The molecule has 1 heterocycles. The van der Waals surface area contributed by atoms with E-state index in [1.165, 1.54) is 18.4 Å². The maximum absolute atomic E-state index is 11.5. The number of ether oxygens (including phenoxy) is 1. The van der Waals surface area contributed by atoms with Gasteiger partial charge in [0.25, 0.3) is 0 Å². The SMILES string of the molecule is COC(=O)C(C)n1ccc2c1CCCC2N. The smallest absolute Gasteiger partial charge is 0.328 e. The van der Waals surface area contributed by atoms with E-state index < -0.39 is 0 Å². The third-order valence-corrected chi connectivity index (χ3v) is 3.35. The Morgan fingerprint density at radius 3 is 3.12 bits per heavy atom. The number of carbonyl (C=O) groups is 1. The van der Waals surface area contributed by atoms with Crippen LogP contribution in [0.25, 0.3) is 0 Å². The van der Waals surface area contributed by atoms with Crippen LogP contribution in [0.3, 0.4) is 0 Å². The lowest BCUT2D eigenvalue weighted by atomic mass is 9.93. The van der Waals surface area contributed by atoms with Gasteiger partial charge in [0.05, 0.1) is 7.11 Å². The Morgan fingerprint density at radius 1 is 1.69 bits per heavy atom. The second-order valence-corrected chi connectivity index (χ2v) is 4.32. The molecule has 0 aromatic carbocycles. The molecule has 0 aliphatic heterocycles. The van der Waals surface area contributed by atoms with Crippen molar-refractivity contribution < 1.29 is 9.53 Å². The van der Waals surface area contributed by atoms with E-state index in [4.69, 9.17) is 10.5 Å². The van der Waals surface area contributed by atoms with Crippen LogP contribution >= 0.6 is 0 Å². The molecule has 2 atom stereocenters. The summed E-state index contributed by atoms with van der Waals surface area (Å²) in [5, 5.41) is 0. The summed E-state index contributed by atoms with van der Waals surface area (Å²) in [6, 6.07) is 1.88. The highest BCUT2D eigenvalue weighted by molar-refractivity contribution is 5.73. The lowest BCUT2D eigenvalue weighted by molar-refractivity contribution is -0.144. The fourth-order valence-corrected chi connectivity index (χ4v) is 2.40. The molecule has 1 aliphatic rings. The molecule has 1 aromatic rings. The summed E-state index contributed by atoms with van der Waals surface area (Å²) in [5.74, 6) is -0.211. The zero-order valence-electron chi connectivity index (χ0n) is 9.77. The molecule has 0 saturated heterocycles. The quantitative estimate of drug-likeness (QED) is 0.772. The van der Waals surface area contributed by atoms with E-state index in [0.29, 0.717) is 0 Å². The molecule has 2 rings (SSSR count). The Bertz CT molecular complexity index is 398. The van der Waals surface area contributed by atoms with Gasteiger partial charge in [-0.05, 0) is 37.8 Å². The summed E-state index contributed by atoms with van der Waals surface area (Å²) in [6.45, 7) is 1.85. The van der Waals surface area contributed by atoms with Crippen molar-refractivity contribution in [3.63, 3.8) is 0 Å². The second-order valence-electron chi connectivity index (χ2n) is 4.32. The van der Waals surface area contributed by atoms with Crippen molar-refractivity contribution in [1.29, 1.82) is 0 Å². The molecule has 0 amide bonds. The number of aromatic nitrogens is 1. The van der Waals surface area contributed by atoms with Gasteiger partial charge in [0.15, 0.2) is 0 Å². The third-order valence-electron chi connectivity index (χ3n) is 3.35. The van der Waals surface area contributed by atoms with Gasteiger partial charge < -0.3 is 15.0 Å². The topological polar surface area (TPSA) is 57.2 Å². The van der Waals surface area contributed by atoms with Gasteiger partial charge in [-0.2, -0.15) is 0 Å². The van der Waals surface area contributed by atoms with E-state index in [1.807, 2.05) is 23.8 Å². The molecule has 0 radical (unpaired) electrons. The van der Waals surface area contributed by atoms with Crippen LogP contribution in [0.2, 0.25) is 0 Å². The lowest BCUT2D eigenvalue weighted by Gasteiger charge is -2.22. The molecule has 2 unspecified atom stereocenters. The molecule has 0 bridgehead atoms. The molecule has 16 heavy (non-hydrogen) atoms. The van der Waals surface area contributed by atoms with Crippen LogP contribution in [0.1, 0.15) is 43.1 Å². The van der Waals surface area contributed by atoms with Crippen LogP contribution < -0.4 is 5.73 Å². The number of methoxy groups -OCH3 is 1. The van der Waals surface area contributed by atoms with Gasteiger partial charge in [0, 0.05) is 17.9 Å². The largest absolute Gasteiger partial charge is 0.467 e. The first-order chi connectivity index (χ1) is 7.65. The first-order valence-corrected chi connectivity index (χ1v) is 5.68. The van der Waals surface area contributed by atoms with Crippen LogP contribution in [0.5, 0.6) is 0 Å². The molecular formula is C12H18N2O2. The molecule has 88 valence electrons. The Balaban J connectivity index is 2.33. The van der Waals surface area contributed by atoms with Gasteiger partial charge >= 0.3 is 5.97 Å². The Hall–Kier alpha value is -1.29. The van der Waals surface area contributed by atoms with Crippen molar-refractivity contribution in [2.75, 3.05) is 7.11 Å². The minimum Gasteiger partial charge on any atom is -0.467 e. The molecule has 4 heteroatoms. The zero-order chi connectivity index (χ0) is 11.7. The fraction of sp³-hybridized carbons (Fsp3) is 0.583. The number of hydrogen-bond donors (Lipinski definition) is 1. The molecule has 0 spiro atoms. The average Bonchev–Trinajstić information content (AvgIpc) is 2.72. The van der Waals surface area contributed by atoms with Crippen LogP contribution in [0, 0.1) is 0 Å². The van der Waals surface area contributed by atoms with Gasteiger partial charge in [0.1, 0.15) is 6.04 Å². The van der Waals surface area contributed by atoms with Crippen molar-refractivity contribution in [2.45, 2.75) is 38.3 Å². The number of fused-ring (bicyclic) bond motifs is 1. The summed E-state index contributed by atoms with van der Waals surface area (Å²) in [4.78, 5) is 11.5. The van der Waals surface area contributed by atoms with Crippen LogP contribution in [-0.2, 0) is 16.0 Å². The van der Waals surface area contributed by atoms with E-state index in [-0.39, 0.29) is 18.1 Å². The van der Waals surface area contributed by atoms with E-state index in [1.54, 1.807) is 0 Å². The van der Waals surface area contributed by atoms with E-state index in [0.717, 1.165) is 19.3 Å². The van der Waals surface area contributed by atoms with Crippen molar-refractivity contribution >= 4 is 5.97 Å². The summed E-state index contributed by atoms with van der Waals surface area (Å²) in [6.07, 6.45) is 5.06. The Morgan fingerprint density at radius 2 is 2.44 bits per heavy atom. The van der Waals surface area contributed by atoms with Crippen molar-refractivity contribution in [1.82, 2.24) is 4.57 Å². The summed E-state index contributed by atoms with van der Waals surface area (Å²) >= 11 is 0. The normalized spacial score (nSPS) is 21.3. The summed E-state index contributed by atoms with van der Waals surface area (Å²) in [5.41, 5.74) is 8.41. The van der Waals surface area contributed by atoms with E-state index in [2.05, 4.69) is 0 Å². The zero-order valence-corrected chi connectivity index (χ0v) is 9.77. The highest BCUT2D eigenvalue weighted by atomic mass is 16.5. The average molecular weight is 222 g/mol. The van der Waals surface area contributed by atoms with E-state index >= 15 is 0 Å². The lowest BCUT2D eigenvalue weighted by Crippen LogP contribution is -2.23. The maximum atomic E-state index is 11.5. The van der Waals surface area contributed by atoms with E-state index in [9.17, 15) is 4.79 Å². The molecule has 0 fully saturated rings. The highest BCUT2D eigenvalue weighted by Gasteiger charge is 2.24. The summed E-state index contributed by atoms with van der Waals surface area (Å²) in [7, 11) is 1.42. The van der Waals surface area contributed by atoms with Crippen molar-refractivity contribution in [3.8, 4) is 0 Å². The molecule has 2 N–H and O–H groups in total. The first kappa shape index (κ1) is 11.2. The minimum atomic E-state index is -0.265. The predicted octanol–water partition coefficient (Wildman–Crippen LogP) is 1.56. The maximum Gasteiger partial charge on any atom is 0.328 e.